The van der Waals surface area contributed by atoms with E-state index in [0.29, 0.717) is 28.8 Å². The van der Waals surface area contributed by atoms with Crippen molar-refractivity contribution in [2.75, 3.05) is 26.8 Å². The van der Waals surface area contributed by atoms with Crippen LogP contribution in [0.2, 0.25) is 0 Å². The first kappa shape index (κ1) is 24.4. The number of hydrogen-bond donors (Lipinski definition) is 2. The van der Waals surface area contributed by atoms with Crippen LogP contribution < -0.4 is 11.0 Å². The number of benzene rings is 1. The molecule has 1 aromatic heterocycles. The van der Waals surface area contributed by atoms with E-state index in [2.05, 4.69) is 5.32 Å². The number of carboxylic acid groups (broad SMARTS) is 1. The van der Waals surface area contributed by atoms with Gasteiger partial charge in [-0.25, -0.2) is 18.4 Å². The van der Waals surface area contributed by atoms with Gasteiger partial charge in [0.2, 0.25) is 11.8 Å². The lowest BCUT2D eigenvalue weighted by atomic mass is 10.0. The number of fused-ring (bicyclic) bond motifs is 1. The number of nitrogens with zero attached hydrogens (tertiary/aromatic N) is 3. The van der Waals surface area contributed by atoms with E-state index in [1.807, 2.05) is 6.07 Å². The number of para-hydroxylation sites is 1. The van der Waals surface area contributed by atoms with Gasteiger partial charge in [0.1, 0.15) is 12.6 Å². The van der Waals surface area contributed by atoms with E-state index < -0.39 is 37.1 Å². The van der Waals surface area contributed by atoms with Crippen LogP contribution in [0.5, 0.6) is 0 Å². The molecule has 0 saturated carbocycles. The summed E-state index contributed by atoms with van der Waals surface area (Å²) in [5, 5.41) is 11.0. The average molecular weight is 468 g/mol. The molecule has 3 amide bonds. The molecule has 0 radical (unpaired) electrons. The summed E-state index contributed by atoms with van der Waals surface area (Å²) in [6.07, 6.45) is -0.250. The summed E-state index contributed by atoms with van der Waals surface area (Å²) in [6.45, 7) is -1.85. The highest BCUT2D eigenvalue weighted by Gasteiger charge is 2.33. The number of aryl methyl sites for hydroxylation is 2. The highest BCUT2D eigenvalue weighted by Crippen LogP contribution is 2.25. The highest BCUT2D eigenvalue weighted by atomic mass is 19.3. The molecule has 1 fully saturated rings. The molecule has 1 saturated heterocycles. The smallest absolute Gasteiger partial charge is 0.407 e. The second-order valence-corrected chi connectivity index (χ2v) is 8.11. The molecule has 0 aliphatic carbocycles. The Kier molecular flexibility index (Phi) is 7.15. The van der Waals surface area contributed by atoms with Gasteiger partial charge in [-0.05, 0) is 30.9 Å². The second-order valence-electron chi connectivity index (χ2n) is 8.11. The Bertz CT molecular complexity index is 1130. The molecule has 1 atom stereocenters. The number of alkyl halides is 2. The Labute approximate surface area is 187 Å². The summed E-state index contributed by atoms with van der Waals surface area (Å²) in [7, 11) is 2.65. The van der Waals surface area contributed by atoms with Crippen molar-refractivity contribution in [2.45, 2.75) is 37.6 Å². The molecule has 1 unspecified atom stereocenters. The van der Waals surface area contributed by atoms with Gasteiger partial charge >= 0.3 is 11.8 Å². The van der Waals surface area contributed by atoms with E-state index in [1.54, 1.807) is 19.2 Å². The van der Waals surface area contributed by atoms with Crippen LogP contribution in [0.25, 0.3) is 11.0 Å². The maximum Gasteiger partial charge on any atom is 0.407 e. The van der Waals surface area contributed by atoms with E-state index in [9.17, 15) is 28.0 Å². The monoisotopic (exact) mass is 468 g/mol. The summed E-state index contributed by atoms with van der Waals surface area (Å²) in [5.74, 6) is -4.20. The van der Waals surface area contributed by atoms with Crippen molar-refractivity contribution >= 4 is 28.9 Å². The largest absolute Gasteiger partial charge is 0.465 e. The van der Waals surface area contributed by atoms with Crippen LogP contribution in [0.15, 0.2) is 23.0 Å². The number of carbonyl (C=O) groups excluding carboxylic acids is 2. The van der Waals surface area contributed by atoms with Gasteiger partial charge < -0.3 is 14.7 Å². The lowest BCUT2D eigenvalue weighted by Gasteiger charge is -2.22. The van der Waals surface area contributed by atoms with Crippen LogP contribution in [-0.4, -0.2) is 69.8 Å². The average Bonchev–Trinajstić information content (AvgIpc) is 2.98. The van der Waals surface area contributed by atoms with Crippen molar-refractivity contribution in [1.29, 1.82) is 0 Å². The lowest BCUT2D eigenvalue weighted by Crippen LogP contribution is -2.44. The topological polar surface area (TPSA) is 123 Å². The summed E-state index contributed by atoms with van der Waals surface area (Å²) < 4.78 is 35.5. The first-order valence-electron chi connectivity index (χ1n) is 10.4. The third-order valence-corrected chi connectivity index (χ3v) is 5.55. The van der Waals surface area contributed by atoms with E-state index >= 15 is 0 Å². The second kappa shape index (κ2) is 9.69. The number of amides is 3. The third kappa shape index (κ3) is 5.38. The zero-order valence-corrected chi connectivity index (χ0v) is 18.3. The third-order valence-electron chi connectivity index (χ3n) is 5.55. The number of rotatable bonds is 9. The molecule has 180 valence electrons. The number of carbonyl (C=O) groups is 3. The van der Waals surface area contributed by atoms with Gasteiger partial charge in [-0.3, -0.25) is 24.0 Å². The standard InChI is InChI=1S/C21H26F2N4O6/c1-25(20(31)32)11-21(22,23)12-33-10-4-6-13-5-3-7-14-17(13)26(2)19(30)27(14)15-8-9-16(28)24-18(15)29/h3,5,7,15H,4,6,8-12H2,1-2H3,(H,31,32)(H,24,28,29). The van der Waals surface area contributed by atoms with Crippen molar-refractivity contribution in [3.8, 4) is 0 Å². The molecule has 2 heterocycles. The van der Waals surface area contributed by atoms with Crippen LogP contribution >= 0.6 is 0 Å². The maximum atomic E-state index is 13.8. The van der Waals surface area contributed by atoms with Crippen molar-refractivity contribution in [1.82, 2.24) is 19.4 Å². The number of imide groups is 1. The van der Waals surface area contributed by atoms with Crippen LogP contribution in [-0.2, 0) is 27.8 Å². The highest BCUT2D eigenvalue weighted by molar-refractivity contribution is 6.00. The first-order chi connectivity index (χ1) is 15.5. The fourth-order valence-electron chi connectivity index (χ4n) is 4.00. The number of aromatic nitrogens is 2. The molecule has 12 heteroatoms. The zero-order valence-electron chi connectivity index (χ0n) is 18.3. The molecule has 3 rings (SSSR count). The predicted octanol–water partition coefficient (Wildman–Crippen LogP) is 1.51. The zero-order chi connectivity index (χ0) is 24.3. The van der Waals surface area contributed by atoms with Gasteiger partial charge in [0.05, 0.1) is 17.6 Å². The minimum Gasteiger partial charge on any atom is -0.465 e. The molecule has 2 N–H and O–H groups in total. The van der Waals surface area contributed by atoms with Gasteiger partial charge in [0, 0.05) is 27.1 Å². The van der Waals surface area contributed by atoms with E-state index in [1.165, 1.54) is 9.13 Å². The van der Waals surface area contributed by atoms with Crippen LogP contribution in [0.1, 0.15) is 30.9 Å². The van der Waals surface area contributed by atoms with E-state index in [4.69, 9.17) is 9.84 Å². The van der Waals surface area contributed by atoms with E-state index in [-0.39, 0.29) is 31.0 Å². The Morgan fingerprint density at radius 2 is 2.06 bits per heavy atom. The molecular formula is C21H26F2N4O6. The number of halogens is 2. The van der Waals surface area contributed by atoms with Crippen LogP contribution in [0.3, 0.4) is 0 Å². The molecule has 0 bridgehead atoms. The lowest BCUT2D eigenvalue weighted by molar-refractivity contribution is -0.135. The molecule has 1 aliphatic rings. The minimum absolute atomic E-state index is 0.0184. The molecule has 1 aliphatic heterocycles. The molecular weight excluding hydrogens is 442 g/mol. The van der Waals surface area contributed by atoms with Gasteiger partial charge in [0.15, 0.2) is 0 Å². The maximum absolute atomic E-state index is 13.8. The fourth-order valence-corrected chi connectivity index (χ4v) is 4.00. The summed E-state index contributed by atoms with van der Waals surface area (Å²) in [5.41, 5.74) is 1.59. The number of hydrogen-bond acceptors (Lipinski definition) is 5. The van der Waals surface area contributed by atoms with E-state index in [0.717, 1.165) is 12.6 Å². The SMILES string of the molecule is CN(CC(F)(F)COCCCc1cccc2c1n(C)c(=O)n2C1CCC(=O)NC1=O)C(=O)O. The number of imidazole rings is 1. The van der Waals surface area contributed by atoms with Gasteiger partial charge in [-0.15, -0.1) is 0 Å². The van der Waals surface area contributed by atoms with Gasteiger partial charge in [0.25, 0.3) is 5.92 Å². The number of piperidine rings is 1. The van der Waals surface area contributed by atoms with Crippen molar-refractivity contribution in [3.63, 3.8) is 0 Å². The minimum atomic E-state index is -3.31. The fraction of sp³-hybridized carbons (Fsp3) is 0.524. The molecule has 0 spiro atoms. The summed E-state index contributed by atoms with van der Waals surface area (Å²) in [6, 6.07) is 4.49. The summed E-state index contributed by atoms with van der Waals surface area (Å²) >= 11 is 0. The Balaban J connectivity index is 1.68. The Hall–Kier alpha value is -3.28. The normalized spacial score (nSPS) is 16.8. The van der Waals surface area contributed by atoms with Crippen molar-refractivity contribution in [2.24, 2.45) is 7.05 Å². The number of ether oxygens (including phenoxy) is 1. The number of nitrogens with one attached hydrogen (secondary N) is 1. The van der Waals surface area contributed by atoms with Crippen molar-refractivity contribution in [3.05, 3.63) is 34.2 Å². The van der Waals surface area contributed by atoms with Gasteiger partial charge in [-0.1, -0.05) is 12.1 Å². The molecule has 33 heavy (non-hydrogen) atoms. The Morgan fingerprint density at radius 3 is 2.73 bits per heavy atom. The van der Waals surface area contributed by atoms with Gasteiger partial charge in [-0.2, -0.15) is 0 Å². The summed E-state index contributed by atoms with van der Waals surface area (Å²) in [4.78, 5) is 47.9. The van der Waals surface area contributed by atoms with Crippen LogP contribution in [0, 0.1) is 0 Å². The molecule has 10 nitrogen and oxygen atoms in total. The quantitative estimate of drug-likeness (QED) is 0.425. The molecule has 1 aromatic carbocycles. The Morgan fingerprint density at radius 1 is 1.33 bits per heavy atom. The molecule has 2 aromatic rings. The predicted molar refractivity (Wildman–Crippen MR) is 113 cm³/mol. The first-order valence-corrected chi connectivity index (χ1v) is 10.4. The van der Waals surface area contributed by atoms with Crippen LogP contribution in [0.4, 0.5) is 13.6 Å². The van der Waals surface area contributed by atoms with Crippen molar-refractivity contribution < 1.29 is 33.0 Å².